The van der Waals surface area contributed by atoms with Gasteiger partial charge in [0.05, 0.1) is 11.9 Å². The second-order valence-corrected chi connectivity index (χ2v) is 3.88. The van der Waals surface area contributed by atoms with Gasteiger partial charge < -0.3 is 5.73 Å². The molecule has 0 fully saturated rings. The Morgan fingerprint density at radius 1 is 1.40 bits per heavy atom. The molecule has 78 valence electrons. The fraction of sp³-hybridized carbons (Fsp3) is 0.182. The first-order valence-corrected chi connectivity index (χ1v) is 5.11. The normalized spacial score (nSPS) is 12.7. The minimum atomic E-state index is -0.0602. The number of nitrogens with zero attached hydrogens (tertiary/aromatic N) is 1. The van der Waals surface area contributed by atoms with Crippen LogP contribution in [-0.4, -0.2) is 10.2 Å². The molecule has 3 nitrogen and oxygen atoms in total. The van der Waals surface area contributed by atoms with Gasteiger partial charge in [-0.15, -0.1) is 0 Å². The van der Waals surface area contributed by atoms with E-state index in [0.29, 0.717) is 5.02 Å². The fourth-order valence-corrected chi connectivity index (χ4v) is 1.75. The summed E-state index contributed by atoms with van der Waals surface area (Å²) >= 11 is 6.10. The lowest BCUT2D eigenvalue weighted by atomic mass is 10.0. The van der Waals surface area contributed by atoms with Crippen molar-refractivity contribution in [1.29, 1.82) is 0 Å². The second-order valence-electron chi connectivity index (χ2n) is 3.47. The number of aromatic amines is 1. The molecule has 0 radical (unpaired) electrons. The molecular weight excluding hydrogens is 210 g/mol. The fourth-order valence-electron chi connectivity index (χ4n) is 1.52. The van der Waals surface area contributed by atoms with Crippen molar-refractivity contribution in [2.24, 2.45) is 5.73 Å². The molecule has 1 unspecified atom stereocenters. The van der Waals surface area contributed by atoms with Gasteiger partial charge in [-0.2, -0.15) is 5.10 Å². The van der Waals surface area contributed by atoms with E-state index in [9.17, 15) is 0 Å². The van der Waals surface area contributed by atoms with Gasteiger partial charge in [-0.05, 0) is 13.0 Å². The third kappa shape index (κ3) is 1.89. The summed E-state index contributed by atoms with van der Waals surface area (Å²) in [5, 5.41) is 7.62. The number of nitrogens with two attached hydrogens (primary N) is 1. The summed E-state index contributed by atoms with van der Waals surface area (Å²) < 4.78 is 0. The molecule has 0 amide bonds. The Hall–Kier alpha value is -1.32. The molecule has 0 saturated heterocycles. The molecule has 1 aromatic heterocycles. The third-order valence-corrected chi connectivity index (χ3v) is 2.63. The van der Waals surface area contributed by atoms with E-state index < -0.39 is 0 Å². The first kappa shape index (κ1) is 10.2. The van der Waals surface area contributed by atoms with Crippen LogP contribution in [0.1, 0.15) is 18.5 Å². The van der Waals surface area contributed by atoms with E-state index in [1.54, 1.807) is 6.20 Å². The molecule has 1 aromatic carbocycles. The molecule has 0 spiro atoms. The van der Waals surface area contributed by atoms with Crippen molar-refractivity contribution < 1.29 is 0 Å². The zero-order valence-corrected chi connectivity index (χ0v) is 9.12. The number of rotatable bonds is 2. The first-order chi connectivity index (χ1) is 7.20. The minimum absolute atomic E-state index is 0.0602. The summed E-state index contributed by atoms with van der Waals surface area (Å²) in [7, 11) is 0. The zero-order valence-electron chi connectivity index (χ0n) is 8.37. The molecule has 1 heterocycles. The molecule has 15 heavy (non-hydrogen) atoms. The van der Waals surface area contributed by atoms with Crippen LogP contribution in [0, 0.1) is 0 Å². The molecule has 3 N–H and O–H groups in total. The SMILES string of the molecule is CC(N)c1cn[nH]c1-c1ccccc1Cl. The number of hydrogen-bond donors (Lipinski definition) is 2. The molecule has 0 aliphatic carbocycles. The Bertz CT molecular complexity index is 462. The maximum Gasteiger partial charge on any atom is 0.0712 e. The van der Waals surface area contributed by atoms with E-state index in [1.165, 1.54) is 0 Å². The van der Waals surface area contributed by atoms with Crippen molar-refractivity contribution in [3.63, 3.8) is 0 Å². The van der Waals surface area contributed by atoms with Gasteiger partial charge in [0.1, 0.15) is 0 Å². The van der Waals surface area contributed by atoms with Crippen molar-refractivity contribution in [1.82, 2.24) is 10.2 Å². The van der Waals surface area contributed by atoms with E-state index in [1.807, 2.05) is 31.2 Å². The van der Waals surface area contributed by atoms with Crippen LogP contribution in [0.5, 0.6) is 0 Å². The molecule has 2 rings (SSSR count). The van der Waals surface area contributed by atoms with E-state index in [0.717, 1.165) is 16.8 Å². The highest BCUT2D eigenvalue weighted by molar-refractivity contribution is 6.33. The van der Waals surface area contributed by atoms with Crippen LogP contribution in [0.2, 0.25) is 5.02 Å². The van der Waals surface area contributed by atoms with Crippen LogP contribution < -0.4 is 5.73 Å². The molecule has 1 atom stereocenters. The number of nitrogens with one attached hydrogen (secondary N) is 1. The summed E-state index contributed by atoms with van der Waals surface area (Å²) in [5.41, 5.74) is 8.65. The minimum Gasteiger partial charge on any atom is -0.324 e. The van der Waals surface area contributed by atoms with Gasteiger partial charge in [-0.25, -0.2) is 0 Å². The summed E-state index contributed by atoms with van der Waals surface area (Å²) in [6.45, 7) is 1.92. The van der Waals surface area contributed by atoms with Gasteiger partial charge >= 0.3 is 0 Å². The van der Waals surface area contributed by atoms with Crippen LogP contribution in [0.25, 0.3) is 11.3 Å². The summed E-state index contributed by atoms with van der Waals surface area (Å²) in [6.07, 6.45) is 1.74. The lowest BCUT2D eigenvalue weighted by Crippen LogP contribution is -2.05. The van der Waals surface area contributed by atoms with E-state index in [-0.39, 0.29) is 6.04 Å². The second kappa shape index (κ2) is 4.04. The smallest absolute Gasteiger partial charge is 0.0712 e. The van der Waals surface area contributed by atoms with Gasteiger partial charge in [-0.3, -0.25) is 5.10 Å². The quantitative estimate of drug-likeness (QED) is 0.820. The summed E-state index contributed by atoms with van der Waals surface area (Å²) in [6, 6.07) is 7.57. The number of benzene rings is 1. The van der Waals surface area contributed by atoms with Gasteiger partial charge in [0.15, 0.2) is 0 Å². The third-order valence-electron chi connectivity index (χ3n) is 2.30. The standard InChI is InChI=1S/C11H12ClN3/c1-7(13)9-6-14-15-11(9)8-4-2-3-5-10(8)12/h2-7H,13H2,1H3,(H,14,15). The van der Waals surface area contributed by atoms with Crippen molar-refractivity contribution >= 4 is 11.6 Å². The van der Waals surface area contributed by atoms with Gasteiger partial charge in [0.2, 0.25) is 0 Å². The van der Waals surface area contributed by atoms with Crippen LogP contribution in [0.15, 0.2) is 30.5 Å². The maximum absolute atomic E-state index is 6.10. The average molecular weight is 222 g/mol. The maximum atomic E-state index is 6.10. The topological polar surface area (TPSA) is 54.7 Å². The highest BCUT2D eigenvalue weighted by Gasteiger charge is 2.12. The number of halogens is 1. The molecule has 4 heteroatoms. The molecular formula is C11H12ClN3. The highest BCUT2D eigenvalue weighted by atomic mass is 35.5. The van der Waals surface area contributed by atoms with Gasteiger partial charge in [0, 0.05) is 22.2 Å². The number of H-pyrrole nitrogens is 1. The van der Waals surface area contributed by atoms with Crippen LogP contribution in [-0.2, 0) is 0 Å². The zero-order chi connectivity index (χ0) is 10.8. The van der Waals surface area contributed by atoms with Crippen LogP contribution in [0.4, 0.5) is 0 Å². The summed E-state index contributed by atoms with van der Waals surface area (Å²) in [4.78, 5) is 0. The molecule has 0 aliphatic heterocycles. The van der Waals surface area contributed by atoms with Crippen molar-refractivity contribution in [2.45, 2.75) is 13.0 Å². The highest BCUT2D eigenvalue weighted by Crippen LogP contribution is 2.30. The van der Waals surface area contributed by atoms with Gasteiger partial charge in [0.25, 0.3) is 0 Å². The van der Waals surface area contributed by atoms with Gasteiger partial charge in [-0.1, -0.05) is 29.8 Å². The van der Waals surface area contributed by atoms with Crippen LogP contribution >= 0.6 is 11.6 Å². The molecule has 0 bridgehead atoms. The molecule has 0 saturated carbocycles. The lowest BCUT2D eigenvalue weighted by molar-refractivity contribution is 0.821. The Morgan fingerprint density at radius 3 is 2.80 bits per heavy atom. The Balaban J connectivity index is 2.55. The first-order valence-electron chi connectivity index (χ1n) is 4.74. The van der Waals surface area contributed by atoms with E-state index >= 15 is 0 Å². The van der Waals surface area contributed by atoms with E-state index in [2.05, 4.69) is 10.2 Å². The summed E-state index contributed by atoms with van der Waals surface area (Å²) in [5.74, 6) is 0. The number of aromatic nitrogens is 2. The Morgan fingerprint density at radius 2 is 2.13 bits per heavy atom. The molecule has 0 aliphatic rings. The Labute approximate surface area is 93.3 Å². The monoisotopic (exact) mass is 221 g/mol. The predicted molar refractivity (Wildman–Crippen MR) is 61.6 cm³/mol. The van der Waals surface area contributed by atoms with E-state index in [4.69, 9.17) is 17.3 Å². The largest absolute Gasteiger partial charge is 0.324 e. The van der Waals surface area contributed by atoms with Crippen molar-refractivity contribution in [2.75, 3.05) is 0 Å². The lowest BCUT2D eigenvalue weighted by Gasteiger charge is -2.07. The van der Waals surface area contributed by atoms with Crippen molar-refractivity contribution in [3.05, 3.63) is 41.0 Å². The molecule has 2 aromatic rings. The van der Waals surface area contributed by atoms with Crippen molar-refractivity contribution in [3.8, 4) is 11.3 Å². The predicted octanol–water partition coefficient (Wildman–Crippen LogP) is 2.75. The number of hydrogen-bond acceptors (Lipinski definition) is 2. The average Bonchev–Trinajstić information content (AvgIpc) is 2.67. The Kier molecular flexibility index (Phi) is 2.75. The van der Waals surface area contributed by atoms with Crippen LogP contribution in [0.3, 0.4) is 0 Å².